The minimum Gasteiger partial charge on any atom is -0.444 e. The number of ether oxygens (including phenoxy) is 4. The minimum atomic E-state index is -0.483. The number of alkyl carbamates (subject to hydrolysis) is 1. The first-order chi connectivity index (χ1) is 11.8. The number of rotatable bonds is 15. The van der Waals surface area contributed by atoms with Gasteiger partial charge in [0.05, 0.1) is 39.6 Å². The zero-order chi connectivity index (χ0) is 19.0. The predicted molar refractivity (Wildman–Crippen MR) is 98.1 cm³/mol. The van der Waals surface area contributed by atoms with Crippen molar-refractivity contribution >= 4 is 6.09 Å². The Morgan fingerprint density at radius 2 is 1.44 bits per heavy atom. The molecule has 0 saturated carbocycles. The molecule has 0 rings (SSSR count). The summed E-state index contributed by atoms with van der Waals surface area (Å²) < 4.78 is 21.4. The average Bonchev–Trinajstić information content (AvgIpc) is 2.52. The second-order valence-electron chi connectivity index (χ2n) is 6.67. The van der Waals surface area contributed by atoms with Crippen LogP contribution in [-0.4, -0.2) is 96.5 Å². The molecule has 1 amide bonds. The molecule has 0 aromatic carbocycles. The van der Waals surface area contributed by atoms with Crippen LogP contribution in [0.25, 0.3) is 0 Å². The SMILES string of the molecule is CNCCN(C)CCOCCOCCOCCNC(=O)OC(C)(C)C. The van der Waals surface area contributed by atoms with Crippen molar-refractivity contribution in [1.29, 1.82) is 0 Å². The Bertz CT molecular complexity index is 324. The van der Waals surface area contributed by atoms with E-state index in [0.717, 1.165) is 19.6 Å². The Balaban J connectivity index is 3.23. The van der Waals surface area contributed by atoms with E-state index >= 15 is 0 Å². The first-order valence-electron chi connectivity index (χ1n) is 8.88. The third-order valence-corrected chi connectivity index (χ3v) is 3.02. The van der Waals surface area contributed by atoms with Gasteiger partial charge in [0.15, 0.2) is 0 Å². The van der Waals surface area contributed by atoms with Crippen LogP contribution in [0.15, 0.2) is 0 Å². The van der Waals surface area contributed by atoms with Gasteiger partial charge in [-0.1, -0.05) is 0 Å². The summed E-state index contributed by atoms with van der Waals surface area (Å²) in [5.41, 5.74) is -0.483. The smallest absolute Gasteiger partial charge is 0.407 e. The van der Waals surface area contributed by atoms with Crippen molar-refractivity contribution in [3.8, 4) is 0 Å². The van der Waals surface area contributed by atoms with Gasteiger partial charge in [0.1, 0.15) is 5.60 Å². The molecule has 0 atom stereocenters. The van der Waals surface area contributed by atoms with Crippen molar-refractivity contribution < 1.29 is 23.7 Å². The second kappa shape index (κ2) is 15.3. The molecule has 0 aromatic heterocycles. The number of amides is 1. The Kier molecular flexibility index (Phi) is 14.8. The predicted octanol–water partition coefficient (Wildman–Crippen LogP) is 0.712. The lowest BCUT2D eigenvalue weighted by atomic mass is 10.2. The van der Waals surface area contributed by atoms with Gasteiger partial charge in [-0.15, -0.1) is 0 Å². The normalized spacial score (nSPS) is 11.8. The summed E-state index contributed by atoms with van der Waals surface area (Å²) in [6.07, 6.45) is -0.430. The average molecular weight is 363 g/mol. The standard InChI is InChI=1S/C17H37N3O5/c1-17(2,3)25-16(21)19-7-10-22-12-14-24-15-13-23-11-9-20(5)8-6-18-4/h18H,6-15H2,1-5H3,(H,19,21). The zero-order valence-electron chi connectivity index (χ0n) is 16.6. The highest BCUT2D eigenvalue weighted by atomic mass is 16.6. The number of hydrogen-bond donors (Lipinski definition) is 2. The van der Waals surface area contributed by atoms with E-state index in [1.807, 2.05) is 27.8 Å². The molecule has 8 nitrogen and oxygen atoms in total. The third-order valence-electron chi connectivity index (χ3n) is 3.02. The summed E-state index contributed by atoms with van der Waals surface area (Å²) >= 11 is 0. The molecule has 0 aliphatic carbocycles. The number of nitrogens with zero attached hydrogens (tertiary/aromatic N) is 1. The van der Waals surface area contributed by atoms with Crippen LogP contribution < -0.4 is 10.6 Å². The van der Waals surface area contributed by atoms with Crippen LogP contribution >= 0.6 is 0 Å². The third kappa shape index (κ3) is 19.2. The van der Waals surface area contributed by atoms with Gasteiger partial charge in [-0.25, -0.2) is 4.79 Å². The lowest BCUT2D eigenvalue weighted by molar-refractivity contribution is 0.0112. The molecular weight excluding hydrogens is 326 g/mol. The highest BCUT2D eigenvalue weighted by Crippen LogP contribution is 2.05. The molecule has 0 radical (unpaired) electrons. The second-order valence-corrected chi connectivity index (χ2v) is 6.67. The molecule has 2 N–H and O–H groups in total. The van der Waals surface area contributed by atoms with E-state index < -0.39 is 11.7 Å². The summed E-state index contributed by atoms with van der Waals surface area (Å²) in [5.74, 6) is 0. The monoisotopic (exact) mass is 363 g/mol. The molecule has 0 aliphatic rings. The van der Waals surface area contributed by atoms with Gasteiger partial charge in [-0.2, -0.15) is 0 Å². The molecule has 0 unspecified atom stereocenters. The fourth-order valence-corrected chi connectivity index (χ4v) is 1.72. The minimum absolute atomic E-state index is 0.416. The zero-order valence-corrected chi connectivity index (χ0v) is 16.6. The van der Waals surface area contributed by atoms with Gasteiger partial charge in [0.25, 0.3) is 0 Å². The van der Waals surface area contributed by atoms with Gasteiger partial charge < -0.3 is 34.5 Å². The topological polar surface area (TPSA) is 81.3 Å². The molecule has 0 aliphatic heterocycles. The van der Waals surface area contributed by atoms with Crippen LogP contribution in [0.4, 0.5) is 4.79 Å². The van der Waals surface area contributed by atoms with Crippen LogP contribution in [0, 0.1) is 0 Å². The van der Waals surface area contributed by atoms with E-state index in [0.29, 0.717) is 46.2 Å². The number of nitrogens with one attached hydrogen (secondary N) is 2. The quantitative estimate of drug-likeness (QED) is 0.415. The molecule has 25 heavy (non-hydrogen) atoms. The van der Waals surface area contributed by atoms with Crippen molar-refractivity contribution in [2.24, 2.45) is 0 Å². The van der Waals surface area contributed by atoms with E-state index in [1.54, 1.807) is 0 Å². The Labute approximate surface area is 152 Å². The fourth-order valence-electron chi connectivity index (χ4n) is 1.72. The maximum absolute atomic E-state index is 11.4. The molecule has 0 saturated heterocycles. The van der Waals surface area contributed by atoms with E-state index in [-0.39, 0.29) is 0 Å². The van der Waals surface area contributed by atoms with Gasteiger partial charge in [-0.05, 0) is 34.9 Å². The summed E-state index contributed by atoms with van der Waals surface area (Å²) in [5, 5.41) is 5.75. The van der Waals surface area contributed by atoms with Crippen molar-refractivity contribution in [3.05, 3.63) is 0 Å². The first-order valence-corrected chi connectivity index (χ1v) is 8.88. The molecule has 8 heteroatoms. The summed E-state index contributed by atoms with van der Waals surface area (Å²) in [7, 11) is 4.02. The highest BCUT2D eigenvalue weighted by molar-refractivity contribution is 5.67. The summed E-state index contributed by atoms with van der Waals surface area (Å²) in [4.78, 5) is 13.6. The van der Waals surface area contributed by atoms with Crippen LogP contribution in [-0.2, 0) is 18.9 Å². The largest absolute Gasteiger partial charge is 0.444 e. The maximum atomic E-state index is 11.4. The maximum Gasteiger partial charge on any atom is 0.407 e. The molecule has 0 bridgehead atoms. The Hall–Kier alpha value is -0.930. The van der Waals surface area contributed by atoms with E-state index in [2.05, 4.69) is 22.6 Å². The molecular formula is C17H37N3O5. The van der Waals surface area contributed by atoms with E-state index in [1.165, 1.54) is 0 Å². The number of hydrogen-bond acceptors (Lipinski definition) is 7. The molecule has 0 fully saturated rings. The highest BCUT2D eigenvalue weighted by Gasteiger charge is 2.15. The van der Waals surface area contributed by atoms with Gasteiger partial charge in [-0.3, -0.25) is 0 Å². The van der Waals surface area contributed by atoms with E-state index in [9.17, 15) is 4.79 Å². The van der Waals surface area contributed by atoms with Crippen molar-refractivity contribution in [3.63, 3.8) is 0 Å². The number of carbonyl (C=O) groups is 1. The molecule has 150 valence electrons. The lowest BCUT2D eigenvalue weighted by Crippen LogP contribution is -2.34. The Morgan fingerprint density at radius 1 is 0.880 bits per heavy atom. The van der Waals surface area contributed by atoms with Crippen LogP contribution in [0.3, 0.4) is 0 Å². The Morgan fingerprint density at radius 3 is 2.00 bits per heavy atom. The van der Waals surface area contributed by atoms with Gasteiger partial charge >= 0.3 is 6.09 Å². The summed E-state index contributed by atoms with van der Waals surface area (Å²) in [6.45, 7) is 12.1. The van der Waals surface area contributed by atoms with Crippen molar-refractivity contribution in [2.45, 2.75) is 26.4 Å². The molecule has 0 spiro atoms. The fraction of sp³-hybridized carbons (Fsp3) is 0.941. The lowest BCUT2D eigenvalue weighted by Gasteiger charge is -2.19. The van der Waals surface area contributed by atoms with Crippen molar-refractivity contribution in [1.82, 2.24) is 15.5 Å². The van der Waals surface area contributed by atoms with Crippen molar-refractivity contribution in [2.75, 3.05) is 79.9 Å². The molecule has 0 heterocycles. The van der Waals surface area contributed by atoms with E-state index in [4.69, 9.17) is 18.9 Å². The van der Waals surface area contributed by atoms with Gasteiger partial charge in [0, 0.05) is 26.2 Å². The van der Waals surface area contributed by atoms with Crippen LogP contribution in [0.5, 0.6) is 0 Å². The molecule has 0 aromatic rings. The first kappa shape index (κ1) is 24.1. The van der Waals surface area contributed by atoms with Crippen LogP contribution in [0.1, 0.15) is 20.8 Å². The number of carbonyl (C=O) groups excluding carboxylic acids is 1. The summed E-state index contributed by atoms with van der Waals surface area (Å²) in [6, 6.07) is 0. The van der Waals surface area contributed by atoms with Crippen LogP contribution in [0.2, 0.25) is 0 Å². The number of likely N-dealkylation sites (N-methyl/N-ethyl adjacent to an activating group) is 2. The van der Waals surface area contributed by atoms with Gasteiger partial charge in [0.2, 0.25) is 0 Å².